The van der Waals surface area contributed by atoms with Gasteiger partial charge in [-0.3, -0.25) is 9.59 Å². The molecule has 1 aromatic rings. The number of rotatable bonds is 8. The Morgan fingerprint density at radius 2 is 2.04 bits per heavy atom. The highest BCUT2D eigenvalue weighted by molar-refractivity contribution is 8.13. The number of hydrogen-bond acceptors (Lipinski definition) is 5. The maximum absolute atomic E-state index is 12.1. The highest BCUT2D eigenvalue weighted by Gasteiger charge is 2.29. The number of carbonyl (C=O) groups excluding carboxylic acids is 2. The Morgan fingerprint density at radius 3 is 2.67 bits per heavy atom. The number of benzene rings is 1. The lowest BCUT2D eigenvalue weighted by Gasteiger charge is -2.17. The molecule has 1 amide bonds. The fourth-order valence-electron chi connectivity index (χ4n) is 2.61. The van der Waals surface area contributed by atoms with Crippen LogP contribution in [0.4, 0.5) is 0 Å². The van der Waals surface area contributed by atoms with Crippen molar-refractivity contribution in [2.24, 2.45) is 5.92 Å². The zero-order valence-electron chi connectivity index (χ0n) is 14.7. The largest absolute Gasteiger partial charge is 0.492 e. The molecule has 0 N–H and O–H groups in total. The summed E-state index contributed by atoms with van der Waals surface area (Å²) < 4.78 is 5.68. The molecule has 1 heterocycles. The standard InChI is InChI=1S/C18H26N2O3S/c1-14(21)24-13-16-10-18(22)20(12-16)11-15-4-6-17(7-5-15)23-9-8-19(2)3/h4-7,16H,8-13H2,1-3H3. The molecule has 0 aromatic heterocycles. The molecule has 1 aliphatic rings. The van der Waals surface area contributed by atoms with Crippen molar-refractivity contribution in [2.75, 3.05) is 39.5 Å². The minimum atomic E-state index is 0.116. The summed E-state index contributed by atoms with van der Waals surface area (Å²) in [6, 6.07) is 7.93. The SMILES string of the molecule is CC(=O)SCC1CC(=O)N(Cc2ccc(OCCN(C)C)cc2)C1. The summed E-state index contributed by atoms with van der Waals surface area (Å²) in [5, 5.41) is 0.116. The fraction of sp³-hybridized carbons (Fsp3) is 0.556. The second-order valence-corrected chi connectivity index (χ2v) is 7.64. The molecule has 132 valence electrons. The van der Waals surface area contributed by atoms with Crippen LogP contribution < -0.4 is 4.74 Å². The van der Waals surface area contributed by atoms with Crippen LogP contribution in [-0.4, -0.2) is 60.4 Å². The van der Waals surface area contributed by atoms with Crippen LogP contribution in [0.1, 0.15) is 18.9 Å². The van der Waals surface area contributed by atoms with Gasteiger partial charge in [0.1, 0.15) is 12.4 Å². The average Bonchev–Trinajstić information content (AvgIpc) is 2.87. The molecule has 1 saturated heterocycles. The third-order valence-electron chi connectivity index (χ3n) is 3.92. The molecular weight excluding hydrogens is 324 g/mol. The molecule has 0 spiro atoms. The van der Waals surface area contributed by atoms with Crippen molar-refractivity contribution in [3.05, 3.63) is 29.8 Å². The van der Waals surface area contributed by atoms with Gasteiger partial charge in [-0.2, -0.15) is 0 Å². The molecule has 1 aromatic carbocycles. The Labute approximate surface area is 148 Å². The molecule has 24 heavy (non-hydrogen) atoms. The molecule has 0 aliphatic carbocycles. The Morgan fingerprint density at radius 1 is 1.33 bits per heavy atom. The second kappa shape index (κ2) is 9.08. The first kappa shape index (κ1) is 18.8. The molecule has 6 heteroatoms. The van der Waals surface area contributed by atoms with Gasteiger partial charge >= 0.3 is 0 Å². The molecule has 0 bridgehead atoms. The monoisotopic (exact) mass is 350 g/mol. The average molecular weight is 350 g/mol. The van der Waals surface area contributed by atoms with Crippen LogP contribution in [0.5, 0.6) is 5.75 Å². The fourth-order valence-corrected chi connectivity index (χ4v) is 3.30. The number of likely N-dealkylation sites (tertiary alicyclic amines) is 1. The van der Waals surface area contributed by atoms with Crippen molar-refractivity contribution in [1.29, 1.82) is 0 Å². The van der Waals surface area contributed by atoms with E-state index in [1.165, 1.54) is 11.8 Å². The van der Waals surface area contributed by atoms with Crippen LogP contribution in [0.2, 0.25) is 0 Å². The Balaban J connectivity index is 1.80. The van der Waals surface area contributed by atoms with Gasteiger partial charge in [-0.15, -0.1) is 0 Å². The van der Waals surface area contributed by atoms with Crippen molar-refractivity contribution in [3.63, 3.8) is 0 Å². The Kier molecular flexibility index (Phi) is 7.12. The predicted molar refractivity (Wildman–Crippen MR) is 97.2 cm³/mol. The zero-order valence-corrected chi connectivity index (χ0v) is 15.5. The molecule has 1 atom stereocenters. The van der Waals surface area contributed by atoms with E-state index < -0.39 is 0 Å². The van der Waals surface area contributed by atoms with E-state index in [0.29, 0.717) is 19.6 Å². The van der Waals surface area contributed by atoms with Gasteiger partial charge in [0.25, 0.3) is 0 Å². The van der Waals surface area contributed by atoms with E-state index in [2.05, 4.69) is 4.90 Å². The summed E-state index contributed by atoms with van der Waals surface area (Å²) >= 11 is 1.31. The molecule has 2 rings (SSSR count). The van der Waals surface area contributed by atoms with E-state index in [0.717, 1.165) is 30.2 Å². The number of nitrogens with zero attached hydrogens (tertiary/aromatic N) is 2. The van der Waals surface area contributed by atoms with Crippen molar-refractivity contribution >= 4 is 22.8 Å². The van der Waals surface area contributed by atoms with Gasteiger partial charge in [0, 0.05) is 38.7 Å². The van der Waals surface area contributed by atoms with Crippen LogP contribution in [0.25, 0.3) is 0 Å². The maximum atomic E-state index is 12.1. The summed E-state index contributed by atoms with van der Waals surface area (Å²) in [5.74, 6) is 2.04. The molecule has 1 aliphatic heterocycles. The lowest BCUT2D eigenvalue weighted by Crippen LogP contribution is -2.24. The highest BCUT2D eigenvalue weighted by Crippen LogP contribution is 2.24. The number of hydrogen-bond donors (Lipinski definition) is 0. The third kappa shape index (κ3) is 6.17. The lowest BCUT2D eigenvalue weighted by atomic mass is 10.1. The van der Waals surface area contributed by atoms with E-state index >= 15 is 0 Å². The lowest BCUT2D eigenvalue weighted by molar-refractivity contribution is -0.128. The van der Waals surface area contributed by atoms with Gasteiger partial charge in [0.05, 0.1) is 0 Å². The van der Waals surface area contributed by atoms with Gasteiger partial charge in [0.15, 0.2) is 5.12 Å². The molecule has 1 unspecified atom stereocenters. The zero-order chi connectivity index (χ0) is 17.5. The van der Waals surface area contributed by atoms with Crippen molar-refractivity contribution < 1.29 is 14.3 Å². The second-order valence-electron chi connectivity index (χ2n) is 6.44. The van der Waals surface area contributed by atoms with E-state index in [4.69, 9.17) is 4.74 Å². The smallest absolute Gasteiger partial charge is 0.223 e. The van der Waals surface area contributed by atoms with Crippen molar-refractivity contribution in [1.82, 2.24) is 9.80 Å². The number of ether oxygens (including phenoxy) is 1. The highest BCUT2D eigenvalue weighted by atomic mass is 32.2. The van der Waals surface area contributed by atoms with E-state index in [1.807, 2.05) is 43.3 Å². The number of amides is 1. The van der Waals surface area contributed by atoms with Gasteiger partial charge in [0.2, 0.25) is 5.91 Å². The molecule has 0 radical (unpaired) electrons. The molecule has 0 saturated carbocycles. The van der Waals surface area contributed by atoms with Gasteiger partial charge < -0.3 is 14.5 Å². The first-order valence-corrected chi connectivity index (χ1v) is 9.20. The first-order valence-electron chi connectivity index (χ1n) is 8.21. The number of likely N-dealkylation sites (N-methyl/N-ethyl adjacent to an activating group) is 1. The van der Waals surface area contributed by atoms with Gasteiger partial charge in [-0.1, -0.05) is 23.9 Å². The molecular formula is C18H26N2O3S. The quantitative estimate of drug-likeness (QED) is 0.720. The summed E-state index contributed by atoms with van der Waals surface area (Å²) in [5.41, 5.74) is 1.10. The minimum absolute atomic E-state index is 0.116. The van der Waals surface area contributed by atoms with Gasteiger partial charge in [-0.05, 0) is 37.7 Å². The number of thioether (sulfide) groups is 1. The maximum Gasteiger partial charge on any atom is 0.223 e. The molecule has 1 fully saturated rings. The minimum Gasteiger partial charge on any atom is -0.492 e. The van der Waals surface area contributed by atoms with E-state index in [9.17, 15) is 9.59 Å². The third-order valence-corrected chi connectivity index (χ3v) is 4.97. The summed E-state index contributed by atoms with van der Waals surface area (Å²) in [6.45, 7) is 4.47. The van der Waals surface area contributed by atoms with Crippen LogP contribution >= 0.6 is 11.8 Å². The first-order chi connectivity index (χ1) is 11.4. The molecule has 5 nitrogen and oxygen atoms in total. The van der Waals surface area contributed by atoms with E-state index in [-0.39, 0.29) is 16.9 Å². The van der Waals surface area contributed by atoms with Crippen LogP contribution in [-0.2, 0) is 16.1 Å². The van der Waals surface area contributed by atoms with Crippen LogP contribution in [0, 0.1) is 5.92 Å². The number of carbonyl (C=O) groups is 2. The van der Waals surface area contributed by atoms with E-state index in [1.54, 1.807) is 6.92 Å². The van der Waals surface area contributed by atoms with Crippen LogP contribution in [0.3, 0.4) is 0 Å². The normalized spacial score (nSPS) is 17.6. The van der Waals surface area contributed by atoms with Gasteiger partial charge in [-0.25, -0.2) is 0 Å². The summed E-state index contributed by atoms with van der Waals surface area (Å²) in [4.78, 5) is 27.1. The predicted octanol–water partition coefficient (Wildman–Crippen LogP) is 2.26. The Hall–Kier alpha value is -1.53. The Bertz CT molecular complexity index is 560. The van der Waals surface area contributed by atoms with Crippen LogP contribution in [0.15, 0.2) is 24.3 Å². The van der Waals surface area contributed by atoms with Crippen molar-refractivity contribution in [2.45, 2.75) is 19.9 Å². The summed E-state index contributed by atoms with van der Waals surface area (Å²) in [6.07, 6.45) is 0.548. The summed E-state index contributed by atoms with van der Waals surface area (Å²) in [7, 11) is 4.03. The topological polar surface area (TPSA) is 49.9 Å². The van der Waals surface area contributed by atoms with Crippen molar-refractivity contribution in [3.8, 4) is 5.75 Å².